The molecule has 7 nitrogen and oxygen atoms in total. The molecule has 1 heterocycles. The number of nitrogens with one attached hydrogen (secondary N) is 2. The highest BCUT2D eigenvalue weighted by Gasteiger charge is 2.14. The second-order valence-electron chi connectivity index (χ2n) is 6.14. The van der Waals surface area contributed by atoms with Gasteiger partial charge in [-0.2, -0.15) is 0 Å². The molecule has 0 unspecified atom stereocenters. The molecule has 0 spiro atoms. The average molecular weight is 375 g/mol. The van der Waals surface area contributed by atoms with Crippen molar-refractivity contribution in [1.82, 2.24) is 20.6 Å². The number of carbonyl (C=O) groups excluding carboxylic acids is 2. The lowest BCUT2D eigenvalue weighted by molar-refractivity contribution is 0.0948. The monoisotopic (exact) mass is 375 g/mol. The highest BCUT2D eigenvalue weighted by Crippen LogP contribution is 2.20. The number of amides is 2. The second kappa shape index (κ2) is 8.77. The summed E-state index contributed by atoms with van der Waals surface area (Å²) in [5.74, 6) is -0.535. The van der Waals surface area contributed by atoms with Crippen LogP contribution in [-0.2, 0) is 6.42 Å². The summed E-state index contributed by atoms with van der Waals surface area (Å²) in [7, 11) is 1.50. The fraction of sp³-hybridized carbons (Fsp3) is 0.143. The van der Waals surface area contributed by atoms with Crippen molar-refractivity contribution in [1.29, 1.82) is 0 Å². The van der Waals surface area contributed by atoms with Gasteiger partial charge in [-0.25, -0.2) is 9.97 Å². The van der Waals surface area contributed by atoms with Gasteiger partial charge in [-0.3, -0.25) is 9.59 Å². The Morgan fingerprint density at radius 2 is 1.82 bits per heavy atom. The Labute approximate surface area is 163 Å². The first-order valence-corrected chi connectivity index (χ1v) is 8.85. The number of carbonyl (C=O) groups is 2. The van der Waals surface area contributed by atoms with Gasteiger partial charge in [0.05, 0.1) is 11.9 Å². The van der Waals surface area contributed by atoms with Crippen molar-refractivity contribution < 1.29 is 9.59 Å². The summed E-state index contributed by atoms with van der Waals surface area (Å²) in [6, 6.07) is 17.0. The van der Waals surface area contributed by atoms with Crippen LogP contribution in [0.25, 0.3) is 11.3 Å². The summed E-state index contributed by atoms with van der Waals surface area (Å²) in [4.78, 5) is 32.7. The molecule has 0 atom stereocenters. The van der Waals surface area contributed by atoms with E-state index in [1.165, 1.54) is 13.2 Å². The number of benzene rings is 2. The van der Waals surface area contributed by atoms with Crippen molar-refractivity contribution in [2.24, 2.45) is 0 Å². The number of nitrogens with two attached hydrogens (primary N) is 1. The summed E-state index contributed by atoms with van der Waals surface area (Å²) in [6.45, 7) is 0.537. The fourth-order valence-corrected chi connectivity index (χ4v) is 2.71. The first kappa shape index (κ1) is 19.0. The van der Waals surface area contributed by atoms with E-state index in [0.717, 1.165) is 12.0 Å². The molecule has 0 saturated carbocycles. The molecule has 7 heteroatoms. The normalized spacial score (nSPS) is 10.3. The molecular formula is C21H21N5O2. The van der Waals surface area contributed by atoms with Crippen molar-refractivity contribution in [2.45, 2.75) is 6.42 Å². The topological polar surface area (TPSA) is 110 Å². The Balaban J connectivity index is 1.73. The predicted octanol–water partition coefficient (Wildman–Crippen LogP) is 2.06. The summed E-state index contributed by atoms with van der Waals surface area (Å²) >= 11 is 0. The molecule has 0 fully saturated rings. The zero-order valence-corrected chi connectivity index (χ0v) is 15.5. The van der Waals surface area contributed by atoms with Gasteiger partial charge < -0.3 is 16.4 Å². The average Bonchev–Trinajstić information content (AvgIpc) is 2.74. The SMILES string of the molecule is CNC(=O)c1nc(-c2cccc(C(=O)NCCc3ccccc3)c2)cnc1N. The van der Waals surface area contributed by atoms with Crippen molar-refractivity contribution >= 4 is 17.6 Å². The molecule has 0 aliphatic heterocycles. The van der Waals surface area contributed by atoms with Gasteiger partial charge in [-0.05, 0) is 24.1 Å². The summed E-state index contributed by atoms with van der Waals surface area (Å²) in [6.07, 6.45) is 2.24. The number of nitrogens with zero attached hydrogens (tertiary/aromatic N) is 2. The first-order chi connectivity index (χ1) is 13.6. The maximum atomic E-state index is 12.5. The van der Waals surface area contributed by atoms with Gasteiger partial charge in [0, 0.05) is 24.7 Å². The Hall–Kier alpha value is -3.74. The number of rotatable bonds is 6. The van der Waals surface area contributed by atoms with Crippen LogP contribution in [0.2, 0.25) is 0 Å². The Morgan fingerprint density at radius 3 is 2.57 bits per heavy atom. The zero-order chi connectivity index (χ0) is 19.9. The Bertz CT molecular complexity index is 989. The smallest absolute Gasteiger partial charge is 0.273 e. The van der Waals surface area contributed by atoms with E-state index in [1.54, 1.807) is 24.3 Å². The van der Waals surface area contributed by atoms with E-state index >= 15 is 0 Å². The molecule has 0 aliphatic rings. The van der Waals surface area contributed by atoms with Crippen LogP contribution in [-0.4, -0.2) is 35.4 Å². The lowest BCUT2D eigenvalue weighted by Gasteiger charge is -2.09. The van der Waals surface area contributed by atoms with Gasteiger partial charge in [-0.15, -0.1) is 0 Å². The van der Waals surface area contributed by atoms with Crippen LogP contribution in [0.1, 0.15) is 26.4 Å². The molecule has 0 saturated heterocycles. The number of anilines is 1. The van der Waals surface area contributed by atoms with E-state index in [2.05, 4.69) is 20.6 Å². The van der Waals surface area contributed by atoms with Crippen LogP contribution in [0, 0.1) is 0 Å². The number of nitrogen functional groups attached to an aromatic ring is 1. The minimum absolute atomic E-state index is 0.0534. The minimum Gasteiger partial charge on any atom is -0.382 e. The van der Waals surface area contributed by atoms with Crippen molar-refractivity contribution in [2.75, 3.05) is 19.3 Å². The van der Waals surface area contributed by atoms with Gasteiger partial charge >= 0.3 is 0 Å². The quantitative estimate of drug-likeness (QED) is 0.611. The van der Waals surface area contributed by atoms with E-state index in [1.807, 2.05) is 30.3 Å². The van der Waals surface area contributed by atoms with E-state index in [0.29, 0.717) is 23.4 Å². The van der Waals surface area contributed by atoms with Crippen LogP contribution in [0.3, 0.4) is 0 Å². The molecule has 142 valence electrons. The molecule has 0 bridgehead atoms. The molecule has 2 amide bonds. The van der Waals surface area contributed by atoms with Crippen LogP contribution in [0.15, 0.2) is 60.8 Å². The summed E-state index contributed by atoms with van der Waals surface area (Å²) in [5, 5.41) is 5.40. The van der Waals surface area contributed by atoms with Crippen LogP contribution >= 0.6 is 0 Å². The number of hydrogen-bond acceptors (Lipinski definition) is 5. The predicted molar refractivity (Wildman–Crippen MR) is 108 cm³/mol. The van der Waals surface area contributed by atoms with Crippen LogP contribution in [0.4, 0.5) is 5.82 Å². The largest absolute Gasteiger partial charge is 0.382 e. The van der Waals surface area contributed by atoms with E-state index in [9.17, 15) is 9.59 Å². The van der Waals surface area contributed by atoms with Gasteiger partial charge in [0.15, 0.2) is 11.5 Å². The highest BCUT2D eigenvalue weighted by atomic mass is 16.2. The van der Waals surface area contributed by atoms with E-state index < -0.39 is 5.91 Å². The molecule has 0 radical (unpaired) electrons. The second-order valence-corrected chi connectivity index (χ2v) is 6.14. The highest BCUT2D eigenvalue weighted by molar-refractivity contribution is 5.97. The molecule has 2 aromatic carbocycles. The Morgan fingerprint density at radius 1 is 1.04 bits per heavy atom. The standard InChI is InChI=1S/C21H21N5O2/c1-23-21(28)18-19(22)25-13-17(26-18)15-8-5-9-16(12-15)20(27)24-11-10-14-6-3-2-4-7-14/h2-9,12-13H,10-11H2,1H3,(H2,22,25)(H,23,28)(H,24,27). The van der Waals surface area contributed by atoms with Crippen molar-refractivity contribution in [3.05, 3.63) is 77.6 Å². The maximum Gasteiger partial charge on any atom is 0.273 e. The van der Waals surface area contributed by atoms with Crippen LogP contribution < -0.4 is 16.4 Å². The summed E-state index contributed by atoms with van der Waals surface area (Å²) in [5.41, 5.74) is 8.59. The van der Waals surface area contributed by atoms with Gasteiger partial charge in [-0.1, -0.05) is 42.5 Å². The minimum atomic E-state index is -0.415. The number of aromatic nitrogens is 2. The third kappa shape index (κ3) is 4.50. The van der Waals surface area contributed by atoms with Gasteiger partial charge in [0.25, 0.3) is 11.8 Å². The molecule has 3 rings (SSSR count). The third-order valence-corrected chi connectivity index (χ3v) is 4.21. The lowest BCUT2D eigenvalue weighted by atomic mass is 10.1. The zero-order valence-electron chi connectivity index (χ0n) is 15.5. The van der Waals surface area contributed by atoms with Crippen molar-refractivity contribution in [3.8, 4) is 11.3 Å². The molecule has 4 N–H and O–H groups in total. The maximum absolute atomic E-state index is 12.5. The van der Waals surface area contributed by atoms with E-state index in [4.69, 9.17) is 5.73 Å². The lowest BCUT2D eigenvalue weighted by Crippen LogP contribution is -2.25. The first-order valence-electron chi connectivity index (χ1n) is 8.85. The van der Waals surface area contributed by atoms with Gasteiger partial charge in [0.2, 0.25) is 0 Å². The molecular weight excluding hydrogens is 354 g/mol. The Kier molecular flexibility index (Phi) is 5.96. The molecule has 3 aromatic rings. The third-order valence-electron chi connectivity index (χ3n) is 4.21. The molecule has 0 aliphatic carbocycles. The van der Waals surface area contributed by atoms with Gasteiger partial charge in [0.1, 0.15) is 0 Å². The molecule has 28 heavy (non-hydrogen) atoms. The number of hydrogen-bond donors (Lipinski definition) is 3. The van der Waals surface area contributed by atoms with Crippen molar-refractivity contribution in [3.63, 3.8) is 0 Å². The van der Waals surface area contributed by atoms with Crippen LogP contribution in [0.5, 0.6) is 0 Å². The molecule has 1 aromatic heterocycles. The fourth-order valence-electron chi connectivity index (χ4n) is 2.71. The van der Waals surface area contributed by atoms with E-state index in [-0.39, 0.29) is 17.4 Å². The summed E-state index contributed by atoms with van der Waals surface area (Å²) < 4.78 is 0.